The molecular weight excluding hydrogens is 1690 g/mol. The number of rotatable bonds is 3. The van der Waals surface area contributed by atoms with Crippen LogP contribution >= 0.6 is 0 Å². The van der Waals surface area contributed by atoms with Gasteiger partial charge < -0.3 is 9.80 Å². The molecule has 3 heterocycles. The van der Waals surface area contributed by atoms with E-state index >= 15 is 0 Å². The molecule has 2 fully saturated rings. The summed E-state index contributed by atoms with van der Waals surface area (Å²) in [6, 6.07) is 64.4. The molecule has 1 saturated heterocycles. The molecule has 0 radical (unpaired) electrons. The summed E-state index contributed by atoms with van der Waals surface area (Å²) in [6.07, 6.45) is 7.74. The maximum atomic E-state index is 2.63. The number of nitrogens with zero attached hydrogens (tertiary/aromatic N) is 3. The molecule has 0 bridgehead atoms. The van der Waals surface area contributed by atoms with Crippen molar-refractivity contribution in [3.05, 3.63) is 203 Å². The lowest BCUT2D eigenvalue weighted by atomic mass is 9.91. The fourth-order valence-electron chi connectivity index (χ4n) is 18.2. The van der Waals surface area contributed by atoms with Crippen molar-refractivity contribution in [2.45, 2.75) is 534 Å². The van der Waals surface area contributed by atoms with Gasteiger partial charge >= 0.3 is 0 Å². The lowest BCUT2D eigenvalue weighted by Gasteiger charge is -2.27. The third-order valence-electron chi connectivity index (χ3n) is 25.5. The monoisotopic (exact) mass is 1950 g/mol. The lowest BCUT2D eigenvalue weighted by Crippen LogP contribution is -2.34. The molecule has 1 saturated carbocycles. The van der Waals surface area contributed by atoms with E-state index < -0.39 is 0 Å². The van der Waals surface area contributed by atoms with E-state index in [0.29, 0.717) is 23.9 Å². The van der Waals surface area contributed by atoms with Crippen molar-refractivity contribution < 1.29 is 0 Å². The normalized spacial score (nSPS) is 19.6. The van der Waals surface area contributed by atoms with Crippen molar-refractivity contribution in [1.29, 1.82) is 0 Å². The van der Waals surface area contributed by atoms with Crippen LogP contribution < -0.4 is 9.80 Å². The highest BCUT2D eigenvalue weighted by molar-refractivity contribution is 6.26. The molecule has 140 heavy (non-hydrogen) atoms. The molecule has 0 spiro atoms. The predicted octanol–water partition coefficient (Wildman–Crippen LogP) is 49.6. The van der Waals surface area contributed by atoms with E-state index in [1.807, 2.05) is 208 Å². The Morgan fingerprint density at radius 1 is 0.207 bits per heavy atom. The number of fused-ring (bicyclic) bond motifs is 18. The van der Waals surface area contributed by atoms with Crippen LogP contribution in [0.25, 0.3) is 64.6 Å². The Kier molecular flexibility index (Phi) is 130. The molecule has 3 aliphatic heterocycles. The second-order valence-electron chi connectivity index (χ2n) is 32.1. The zero-order chi connectivity index (χ0) is 104. The summed E-state index contributed by atoms with van der Waals surface area (Å²) in [7, 11) is 0. The smallest absolute Gasteiger partial charge is 0.0442 e. The highest BCUT2D eigenvalue weighted by Gasteiger charge is 2.41. The van der Waals surface area contributed by atoms with Crippen LogP contribution in [0.3, 0.4) is 0 Å². The van der Waals surface area contributed by atoms with Crippen molar-refractivity contribution in [2.24, 2.45) is 47.3 Å². The number of hydrogen-bond acceptors (Lipinski definition) is 3. The number of hydrogen-bond donors (Lipinski definition) is 0. The zero-order valence-electron chi connectivity index (χ0n) is 98.1. The minimum absolute atomic E-state index is 0. The van der Waals surface area contributed by atoms with E-state index in [4.69, 9.17) is 0 Å². The summed E-state index contributed by atoms with van der Waals surface area (Å²) >= 11 is 0. The van der Waals surface area contributed by atoms with Crippen LogP contribution in [-0.4, -0.2) is 48.7 Å². The van der Waals surface area contributed by atoms with E-state index in [0.717, 1.165) is 84.4 Å². The van der Waals surface area contributed by atoms with Crippen molar-refractivity contribution in [2.75, 3.05) is 29.4 Å². The van der Waals surface area contributed by atoms with Crippen LogP contribution in [0.15, 0.2) is 170 Å². The fraction of sp³-hybridized carbons (Fsp3) is 0.650. The van der Waals surface area contributed by atoms with Gasteiger partial charge in [0.25, 0.3) is 0 Å². The summed E-state index contributed by atoms with van der Waals surface area (Å²) in [6.45, 7) is 121. The topological polar surface area (TPSA) is 9.72 Å². The molecule has 3 aliphatic carbocycles. The summed E-state index contributed by atoms with van der Waals surface area (Å²) < 4.78 is 0. The zero-order valence-corrected chi connectivity index (χ0v) is 98.1. The molecule has 0 unspecified atom stereocenters. The number of anilines is 2. The Bertz CT molecular complexity index is 3630. The van der Waals surface area contributed by atoms with Gasteiger partial charge in [0, 0.05) is 60.5 Å². The van der Waals surface area contributed by atoms with Crippen LogP contribution in [0, 0.1) is 47.3 Å². The van der Waals surface area contributed by atoms with Gasteiger partial charge in [0.1, 0.15) is 0 Å². The summed E-state index contributed by atoms with van der Waals surface area (Å²) in [5.74, 6) is 9.99. The molecule has 0 amide bonds. The molecule has 0 aromatic heterocycles. The van der Waals surface area contributed by atoms with Crippen molar-refractivity contribution in [3.63, 3.8) is 0 Å². The minimum atomic E-state index is 0. The van der Waals surface area contributed by atoms with Crippen LogP contribution in [0.1, 0.15) is 530 Å². The van der Waals surface area contributed by atoms with Crippen LogP contribution in [0.4, 0.5) is 11.4 Å². The van der Waals surface area contributed by atoms with Gasteiger partial charge in [-0.2, -0.15) is 0 Å². The highest BCUT2D eigenvalue weighted by Crippen LogP contribution is 2.53. The van der Waals surface area contributed by atoms with Gasteiger partial charge in [0.05, 0.1) is 0 Å². The molecule has 6 aliphatic rings. The first-order valence-electron chi connectivity index (χ1n) is 55.6. The first-order chi connectivity index (χ1) is 63.5. The molecule has 3 heteroatoms. The molecule has 826 valence electrons. The van der Waals surface area contributed by atoms with Gasteiger partial charge in [0.15, 0.2) is 0 Å². The number of benzene rings is 10. The van der Waals surface area contributed by atoms with Gasteiger partial charge in [-0.1, -0.05) is 595 Å². The van der Waals surface area contributed by atoms with E-state index in [9.17, 15) is 0 Å². The minimum Gasteiger partial charge on any atom is -0.368 e. The Hall–Kier alpha value is -6.68. The third-order valence-corrected chi connectivity index (χ3v) is 25.5. The summed E-state index contributed by atoms with van der Waals surface area (Å²) in [4.78, 5) is 7.87. The number of likely N-dealkylation sites (N-methyl/N-ethyl adjacent to an activating group) is 2. The summed E-state index contributed by atoms with van der Waals surface area (Å²) in [5.41, 5.74) is 12.9. The summed E-state index contributed by atoms with van der Waals surface area (Å²) in [5, 5.41) is 16.1. The Balaban J connectivity index is -0.0000000802. The van der Waals surface area contributed by atoms with E-state index in [1.165, 1.54) is 110 Å². The van der Waals surface area contributed by atoms with E-state index in [2.05, 4.69) is 358 Å². The third kappa shape index (κ3) is 48.1. The van der Waals surface area contributed by atoms with Crippen molar-refractivity contribution in [1.82, 2.24) is 4.90 Å². The Morgan fingerprint density at radius 2 is 0.407 bits per heavy atom. The maximum Gasteiger partial charge on any atom is 0.0442 e. The Labute approximate surface area is 889 Å². The standard InChI is InChI=1S/2C18H12.2C17H25N.C10H21N.C9H18.3C3H8.15C2H6.9CH4/c2*1-2-8-14-13(7-1)15-9-3-4-11-17(15)18-12-6-5-10-16(14)18;1-6-18-13(5)12(4)15-8-7-14-11(3)10(2)9-16(14)17(15)18;1-6-18-13(5)12(4)15-8-7-14-9-10(2)11(3)16(14)17(15)18;1-6-11-9(4)7(2)8(3)10(11)5;1-6-5-7(2)9(4)8(6)3;3*1-3-2;15*1-2;;;;;;;;;/h2*1-12H;2*7-8,10-13H,6,9H2,1-5H3;7-10H,6H2,1-5H3;6-9H,5H2,1-4H3;3*3H2,1-2H3;15*1-2H3;9*1H4/t;;10-,11-,12+,13-;10-,11-,12-,13+;7-,8+,9-,10+;6-,7+,8-,9+;;;;;;;;;;;;;;;;;;;;;;;;;;;/m..01............................./s1. The molecule has 10 aromatic rings. The average molecular weight is 1950 g/mol. The molecule has 3 nitrogen and oxygen atoms in total. The van der Waals surface area contributed by atoms with Gasteiger partial charge in [-0.15, -0.1) is 0 Å². The van der Waals surface area contributed by atoms with Crippen molar-refractivity contribution >= 4 is 76.0 Å². The SMILES string of the molecule is C.C.C.C.C.C.C.C.C.CC.CC.CC.CC.CC.CC.CC.CC.CC.CC.CC.CC.CC.CC.CC.CCC.CCC.CCC.CCN1[C@H](C)[C@H](C)[C@H](C)[C@@H]1C.CCN1c2c(ccc3c2C[C@H](C)[C@@H]3C)[C@H](C)[C@@H]1C.CCN1c2c(ccc3c2[C@H](C)[C@H](C)C3)[C@H](C)[C@@H]1C.C[C@@H]1[C@H](C)[C@H](C)C[C@@H]1C.c1ccc2c(c1)c1ccccc1c1ccccc21.c1ccc2c(c1)c1ccccc1c1ccccc21. The second kappa shape index (κ2) is 105. The first-order valence-corrected chi connectivity index (χ1v) is 55.6. The van der Waals surface area contributed by atoms with Crippen LogP contribution in [-0.2, 0) is 12.8 Å². The molecule has 16 atom stereocenters. The fourth-order valence-corrected chi connectivity index (χ4v) is 18.2. The van der Waals surface area contributed by atoms with Gasteiger partial charge in [0.2, 0.25) is 0 Å². The van der Waals surface area contributed by atoms with Gasteiger partial charge in [-0.25, -0.2) is 0 Å². The highest BCUT2D eigenvalue weighted by atomic mass is 15.2. The maximum absolute atomic E-state index is 2.63. The van der Waals surface area contributed by atoms with E-state index in [1.54, 1.807) is 44.8 Å². The molecule has 0 N–H and O–H groups in total. The lowest BCUT2D eigenvalue weighted by molar-refractivity contribution is 0.209. The quantitative estimate of drug-likeness (QED) is 0.163. The predicted molar refractivity (Wildman–Crippen MR) is 685 cm³/mol. The van der Waals surface area contributed by atoms with Gasteiger partial charge in [-0.05, 0) is 225 Å². The number of likely N-dealkylation sites (tertiary alicyclic amines) is 1. The van der Waals surface area contributed by atoms with E-state index in [-0.39, 0.29) is 66.8 Å². The second-order valence-corrected chi connectivity index (χ2v) is 32.1. The molecule has 10 aromatic carbocycles. The molecule has 16 rings (SSSR count). The molecular formula is C137H263N3. The Morgan fingerprint density at radius 3 is 0.607 bits per heavy atom. The largest absolute Gasteiger partial charge is 0.368 e. The van der Waals surface area contributed by atoms with Gasteiger partial charge in [-0.3, -0.25) is 4.90 Å². The van der Waals surface area contributed by atoms with Crippen LogP contribution in [0.5, 0.6) is 0 Å². The van der Waals surface area contributed by atoms with Crippen LogP contribution in [0.2, 0.25) is 0 Å². The average Bonchev–Trinajstić information content (AvgIpc) is 1.57. The first kappa shape index (κ1) is 173. The van der Waals surface area contributed by atoms with Crippen molar-refractivity contribution in [3.8, 4) is 0 Å².